The van der Waals surface area contributed by atoms with Crippen LogP contribution in [-0.4, -0.2) is 17.0 Å². The molecule has 0 bridgehead atoms. The second-order valence-corrected chi connectivity index (χ2v) is 3.89. The van der Waals surface area contributed by atoms with Gasteiger partial charge in [0, 0.05) is 5.56 Å². The summed E-state index contributed by atoms with van der Waals surface area (Å²) in [4.78, 5) is 22.4. The van der Waals surface area contributed by atoms with Crippen molar-refractivity contribution in [2.75, 3.05) is 5.32 Å². The van der Waals surface area contributed by atoms with E-state index < -0.39 is 17.7 Å². The number of amides is 1. The molecule has 2 aromatic rings. The van der Waals surface area contributed by atoms with Gasteiger partial charge in [-0.05, 0) is 31.2 Å². The number of aryl methyl sites for hydroxylation is 1. The lowest BCUT2D eigenvalue weighted by atomic mass is 10.2. The van der Waals surface area contributed by atoms with Crippen LogP contribution in [0.15, 0.2) is 34.9 Å². The Morgan fingerprint density at radius 2 is 2.05 bits per heavy atom. The monoisotopic (exact) mass is 263 g/mol. The summed E-state index contributed by atoms with van der Waals surface area (Å²) in [5.41, 5.74) is 0.329. The molecule has 0 aliphatic heterocycles. The first-order valence-electron chi connectivity index (χ1n) is 5.37. The van der Waals surface area contributed by atoms with Gasteiger partial charge in [0.15, 0.2) is 5.76 Å². The van der Waals surface area contributed by atoms with Crippen molar-refractivity contribution in [3.8, 4) is 0 Å². The van der Waals surface area contributed by atoms with Gasteiger partial charge >= 0.3 is 5.97 Å². The van der Waals surface area contributed by atoms with Gasteiger partial charge in [-0.25, -0.2) is 9.18 Å². The zero-order valence-corrected chi connectivity index (χ0v) is 9.94. The topological polar surface area (TPSA) is 79.5 Å². The van der Waals surface area contributed by atoms with Crippen LogP contribution in [0.4, 0.5) is 10.1 Å². The maximum atomic E-state index is 13.6. The molecule has 98 valence electrons. The minimum Gasteiger partial charge on any atom is -0.478 e. The number of benzene rings is 1. The molecule has 0 fully saturated rings. The van der Waals surface area contributed by atoms with Crippen molar-refractivity contribution in [1.29, 1.82) is 0 Å². The highest BCUT2D eigenvalue weighted by molar-refractivity contribution is 6.03. The number of aromatic carboxylic acids is 1. The number of carboxylic acid groups (broad SMARTS) is 1. The van der Waals surface area contributed by atoms with Gasteiger partial charge in [0.2, 0.25) is 0 Å². The molecule has 0 aliphatic carbocycles. The first kappa shape index (κ1) is 12.8. The second kappa shape index (κ2) is 4.93. The summed E-state index contributed by atoms with van der Waals surface area (Å²) in [5, 5.41) is 11.0. The number of rotatable bonds is 3. The lowest BCUT2D eigenvalue weighted by molar-refractivity contribution is 0.0696. The Morgan fingerprint density at radius 1 is 1.32 bits per heavy atom. The predicted octanol–water partition coefficient (Wildman–Crippen LogP) is 2.68. The fraction of sp³-hybridized carbons (Fsp3) is 0.0769. The molecule has 2 N–H and O–H groups in total. The van der Waals surface area contributed by atoms with Crippen molar-refractivity contribution >= 4 is 17.6 Å². The standard InChI is InChI=1S/C13H10FNO4/c1-7-4-5-19-11(7)12(16)15-10-3-2-8(13(17)18)6-9(10)14/h2-6H,1H3,(H,15,16)(H,17,18). The van der Waals surface area contributed by atoms with E-state index in [2.05, 4.69) is 5.32 Å². The van der Waals surface area contributed by atoms with E-state index in [1.165, 1.54) is 18.4 Å². The zero-order valence-electron chi connectivity index (χ0n) is 9.94. The van der Waals surface area contributed by atoms with Gasteiger partial charge in [0.05, 0.1) is 17.5 Å². The number of furan rings is 1. The van der Waals surface area contributed by atoms with Gasteiger partial charge in [-0.15, -0.1) is 0 Å². The van der Waals surface area contributed by atoms with E-state index in [4.69, 9.17) is 9.52 Å². The van der Waals surface area contributed by atoms with E-state index in [1.807, 2.05) is 0 Å². The molecule has 0 spiro atoms. The average Bonchev–Trinajstić information content (AvgIpc) is 2.77. The van der Waals surface area contributed by atoms with Gasteiger partial charge in [0.25, 0.3) is 5.91 Å². The van der Waals surface area contributed by atoms with Crippen molar-refractivity contribution in [3.63, 3.8) is 0 Å². The van der Waals surface area contributed by atoms with Crippen molar-refractivity contribution in [2.24, 2.45) is 0 Å². The predicted molar refractivity (Wildman–Crippen MR) is 64.8 cm³/mol. The first-order chi connectivity index (χ1) is 8.99. The van der Waals surface area contributed by atoms with Crippen LogP contribution < -0.4 is 5.32 Å². The molecular weight excluding hydrogens is 253 g/mol. The van der Waals surface area contributed by atoms with Crippen LogP contribution in [0, 0.1) is 12.7 Å². The number of carbonyl (C=O) groups excluding carboxylic acids is 1. The molecule has 6 heteroatoms. The van der Waals surface area contributed by atoms with Gasteiger partial charge in [-0.3, -0.25) is 4.79 Å². The fourth-order valence-electron chi connectivity index (χ4n) is 1.53. The third-order valence-corrected chi connectivity index (χ3v) is 2.53. The summed E-state index contributed by atoms with van der Waals surface area (Å²) in [7, 11) is 0. The molecular formula is C13H10FNO4. The SMILES string of the molecule is Cc1ccoc1C(=O)Nc1ccc(C(=O)O)cc1F. The summed E-state index contributed by atoms with van der Waals surface area (Å²) in [6.07, 6.45) is 1.36. The van der Waals surface area contributed by atoms with E-state index in [-0.39, 0.29) is 17.0 Å². The quantitative estimate of drug-likeness (QED) is 0.892. The Bertz CT molecular complexity index is 648. The van der Waals surface area contributed by atoms with Crippen LogP contribution >= 0.6 is 0 Å². The molecule has 0 aliphatic rings. The van der Waals surface area contributed by atoms with Gasteiger partial charge in [0.1, 0.15) is 5.82 Å². The molecule has 1 aromatic carbocycles. The Balaban J connectivity index is 2.23. The van der Waals surface area contributed by atoms with Crippen LogP contribution in [0.25, 0.3) is 0 Å². The van der Waals surface area contributed by atoms with E-state index in [1.54, 1.807) is 13.0 Å². The number of hydrogen-bond donors (Lipinski definition) is 2. The molecule has 0 saturated carbocycles. The molecule has 2 rings (SSSR count). The summed E-state index contributed by atoms with van der Waals surface area (Å²) >= 11 is 0. The van der Waals surface area contributed by atoms with Crippen LogP contribution in [0.5, 0.6) is 0 Å². The number of hydrogen-bond acceptors (Lipinski definition) is 3. The van der Waals surface area contributed by atoms with Gasteiger partial charge in [-0.1, -0.05) is 0 Å². The molecule has 0 saturated heterocycles. The maximum absolute atomic E-state index is 13.6. The molecule has 0 unspecified atom stereocenters. The molecule has 0 atom stereocenters. The zero-order chi connectivity index (χ0) is 14.0. The number of carboxylic acids is 1. The highest BCUT2D eigenvalue weighted by Gasteiger charge is 2.15. The number of anilines is 1. The molecule has 1 heterocycles. The fourth-order valence-corrected chi connectivity index (χ4v) is 1.53. The Labute approximate surface area is 107 Å². The van der Waals surface area contributed by atoms with Crippen LogP contribution in [0.1, 0.15) is 26.5 Å². The first-order valence-corrected chi connectivity index (χ1v) is 5.37. The molecule has 19 heavy (non-hydrogen) atoms. The minimum absolute atomic E-state index is 0.0849. The van der Waals surface area contributed by atoms with Crippen molar-refractivity contribution in [3.05, 3.63) is 53.2 Å². The van der Waals surface area contributed by atoms with E-state index in [9.17, 15) is 14.0 Å². The van der Waals surface area contributed by atoms with E-state index >= 15 is 0 Å². The third kappa shape index (κ3) is 2.62. The molecule has 1 aromatic heterocycles. The largest absolute Gasteiger partial charge is 0.478 e. The highest BCUT2D eigenvalue weighted by Crippen LogP contribution is 2.18. The highest BCUT2D eigenvalue weighted by atomic mass is 19.1. The third-order valence-electron chi connectivity index (χ3n) is 2.53. The molecule has 5 nitrogen and oxygen atoms in total. The number of halogens is 1. The smallest absolute Gasteiger partial charge is 0.335 e. The number of carbonyl (C=O) groups is 2. The lowest BCUT2D eigenvalue weighted by Crippen LogP contribution is -2.13. The second-order valence-electron chi connectivity index (χ2n) is 3.89. The Hall–Kier alpha value is -2.63. The summed E-state index contributed by atoms with van der Waals surface area (Å²) in [6.45, 7) is 1.68. The maximum Gasteiger partial charge on any atom is 0.335 e. The molecule has 0 radical (unpaired) electrons. The normalized spacial score (nSPS) is 10.2. The lowest BCUT2D eigenvalue weighted by Gasteiger charge is -2.06. The van der Waals surface area contributed by atoms with Crippen molar-refractivity contribution in [2.45, 2.75) is 6.92 Å². The summed E-state index contributed by atoms with van der Waals surface area (Å²) in [5.74, 6) is -2.57. The van der Waals surface area contributed by atoms with Crippen LogP contribution in [0.2, 0.25) is 0 Å². The van der Waals surface area contributed by atoms with Gasteiger partial charge in [-0.2, -0.15) is 0 Å². The minimum atomic E-state index is -1.24. The van der Waals surface area contributed by atoms with E-state index in [0.717, 1.165) is 6.07 Å². The number of nitrogens with one attached hydrogen (secondary N) is 1. The Morgan fingerprint density at radius 3 is 2.58 bits per heavy atom. The van der Waals surface area contributed by atoms with Gasteiger partial charge < -0.3 is 14.8 Å². The van der Waals surface area contributed by atoms with E-state index in [0.29, 0.717) is 5.56 Å². The van der Waals surface area contributed by atoms with Crippen molar-refractivity contribution < 1.29 is 23.5 Å². The van der Waals surface area contributed by atoms with Crippen LogP contribution in [-0.2, 0) is 0 Å². The molecule has 1 amide bonds. The Kier molecular flexibility index (Phi) is 3.33. The summed E-state index contributed by atoms with van der Waals surface area (Å²) < 4.78 is 18.6. The average molecular weight is 263 g/mol. The van der Waals surface area contributed by atoms with Crippen molar-refractivity contribution in [1.82, 2.24) is 0 Å². The summed E-state index contributed by atoms with van der Waals surface area (Å²) in [6, 6.07) is 4.84. The van der Waals surface area contributed by atoms with Crippen LogP contribution in [0.3, 0.4) is 0 Å².